The van der Waals surface area contributed by atoms with E-state index in [2.05, 4.69) is 127 Å². The fraction of sp³-hybridized carbons (Fsp3) is 0.273. The zero-order valence-electron chi connectivity index (χ0n) is 21.9. The van der Waals surface area contributed by atoms with E-state index in [4.69, 9.17) is 0 Å². The minimum absolute atomic E-state index is 0.142. The van der Waals surface area contributed by atoms with Crippen molar-refractivity contribution in [2.24, 2.45) is 0 Å². The summed E-state index contributed by atoms with van der Waals surface area (Å²) in [4.78, 5) is 0. The van der Waals surface area contributed by atoms with E-state index in [9.17, 15) is 0 Å². The van der Waals surface area contributed by atoms with E-state index in [1.807, 2.05) is 0 Å². The molecule has 0 radical (unpaired) electrons. The van der Waals surface area contributed by atoms with Crippen LogP contribution in [0.1, 0.15) is 47.2 Å². The van der Waals surface area contributed by atoms with E-state index < -0.39 is 8.07 Å². The molecule has 4 aromatic rings. The topological polar surface area (TPSA) is 0 Å². The Hall–Kier alpha value is -2.90. The predicted octanol–water partition coefficient (Wildman–Crippen LogP) is 7.72. The molecular formula is C33H36Si. The van der Waals surface area contributed by atoms with Gasteiger partial charge in [0.25, 0.3) is 0 Å². The van der Waals surface area contributed by atoms with Gasteiger partial charge in [-0.3, -0.25) is 0 Å². The lowest BCUT2D eigenvalue weighted by Crippen LogP contribution is -2.49. The maximum Gasteiger partial charge on any atom is 0.113 e. The first-order chi connectivity index (χ1) is 16.0. The monoisotopic (exact) mass is 460 g/mol. The van der Waals surface area contributed by atoms with Crippen LogP contribution in [0.5, 0.6) is 0 Å². The van der Waals surface area contributed by atoms with Crippen LogP contribution < -0.4 is 10.4 Å². The molecule has 0 aromatic heterocycles. The summed E-state index contributed by atoms with van der Waals surface area (Å²) in [5.74, 6) is 0. The van der Waals surface area contributed by atoms with Crippen molar-refractivity contribution in [2.45, 2.75) is 60.1 Å². The van der Waals surface area contributed by atoms with Crippen molar-refractivity contribution in [3.05, 3.63) is 106 Å². The quantitative estimate of drug-likeness (QED) is 0.236. The number of benzene rings is 4. The van der Waals surface area contributed by atoms with Crippen molar-refractivity contribution in [3.8, 4) is 22.3 Å². The van der Waals surface area contributed by atoms with Crippen molar-refractivity contribution in [3.63, 3.8) is 0 Å². The molecule has 0 fully saturated rings. The fourth-order valence-corrected chi connectivity index (χ4v) is 9.18. The molecule has 6 rings (SSSR count). The SMILES string of the molecule is Cc1ccc2c(c1)C(C)(C)c1cc(C)ccc1-2.Cc1ccc2c(c1)[Si](C)(C)c1cc(C)ccc1-2. The molecular weight excluding hydrogens is 424 g/mol. The average Bonchev–Trinajstić information content (AvgIpc) is 3.13. The first-order valence-electron chi connectivity index (χ1n) is 12.5. The molecule has 2 aliphatic rings. The van der Waals surface area contributed by atoms with Gasteiger partial charge < -0.3 is 0 Å². The molecule has 0 saturated heterocycles. The highest BCUT2D eigenvalue weighted by molar-refractivity contribution is 7.03. The van der Waals surface area contributed by atoms with Gasteiger partial charge in [0.05, 0.1) is 0 Å². The van der Waals surface area contributed by atoms with Gasteiger partial charge in [-0.2, -0.15) is 0 Å². The molecule has 34 heavy (non-hydrogen) atoms. The average molecular weight is 461 g/mol. The molecule has 1 heterocycles. The predicted molar refractivity (Wildman–Crippen MR) is 152 cm³/mol. The van der Waals surface area contributed by atoms with Gasteiger partial charge in [0.15, 0.2) is 0 Å². The van der Waals surface area contributed by atoms with Crippen molar-refractivity contribution in [2.75, 3.05) is 0 Å². The van der Waals surface area contributed by atoms with Crippen LogP contribution in [-0.2, 0) is 5.41 Å². The molecule has 0 saturated carbocycles. The van der Waals surface area contributed by atoms with Gasteiger partial charge in [0, 0.05) is 5.41 Å². The third-order valence-corrected chi connectivity index (χ3v) is 11.5. The minimum Gasteiger partial charge on any atom is -0.0616 e. The summed E-state index contributed by atoms with van der Waals surface area (Å²) in [5.41, 5.74) is 14.3. The van der Waals surface area contributed by atoms with Crippen LogP contribution >= 0.6 is 0 Å². The molecule has 0 N–H and O–H groups in total. The third-order valence-electron chi connectivity index (χ3n) is 7.97. The standard InChI is InChI=1S/C17H18.C16H18Si/c2*1-11-5-7-13-14-8-6-12(2)10-16(14)17(3,4)15(13)9-11/h2*5-10H,1-4H3. The van der Waals surface area contributed by atoms with Crippen molar-refractivity contribution in [1.29, 1.82) is 0 Å². The fourth-order valence-electron chi connectivity index (χ4n) is 5.93. The Morgan fingerprint density at radius 3 is 1.18 bits per heavy atom. The molecule has 4 aromatic carbocycles. The maximum atomic E-state index is 2.47. The highest BCUT2D eigenvalue weighted by Crippen LogP contribution is 2.48. The number of hydrogen-bond acceptors (Lipinski definition) is 0. The van der Waals surface area contributed by atoms with E-state index in [1.54, 1.807) is 10.4 Å². The van der Waals surface area contributed by atoms with Gasteiger partial charge in [-0.15, -0.1) is 0 Å². The second kappa shape index (κ2) is 7.82. The first kappa shape index (κ1) is 22.9. The van der Waals surface area contributed by atoms with E-state index in [-0.39, 0.29) is 5.41 Å². The lowest BCUT2D eigenvalue weighted by molar-refractivity contribution is 0.659. The second-order valence-electron chi connectivity index (χ2n) is 11.4. The molecule has 0 amide bonds. The van der Waals surface area contributed by atoms with E-state index in [0.717, 1.165) is 0 Å². The van der Waals surface area contributed by atoms with Gasteiger partial charge >= 0.3 is 0 Å². The van der Waals surface area contributed by atoms with Gasteiger partial charge in [0.1, 0.15) is 8.07 Å². The van der Waals surface area contributed by atoms with Gasteiger partial charge in [0.2, 0.25) is 0 Å². The minimum atomic E-state index is -1.44. The van der Waals surface area contributed by atoms with Crippen LogP contribution in [0, 0.1) is 27.7 Å². The smallest absolute Gasteiger partial charge is 0.0616 e. The Morgan fingerprint density at radius 1 is 0.471 bits per heavy atom. The highest BCUT2D eigenvalue weighted by atomic mass is 28.3. The Bertz CT molecular complexity index is 1220. The Kier molecular flexibility index (Phi) is 5.26. The van der Waals surface area contributed by atoms with E-state index >= 15 is 0 Å². The van der Waals surface area contributed by atoms with Crippen LogP contribution in [0.3, 0.4) is 0 Å². The molecule has 0 atom stereocenters. The zero-order valence-corrected chi connectivity index (χ0v) is 22.9. The Morgan fingerprint density at radius 2 is 0.794 bits per heavy atom. The molecule has 1 aliphatic carbocycles. The summed E-state index contributed by atoms with van der Waals surface area (Å²) in [6, 6.07) is 27.5. The van der Waals surface area contributed by atoms with Crippen LogP contribution in [0.2, 0.25) is 13.1 Å². The van der Waals surface area contributed by atoms with Crippen LogP contribution in [0.4, 0.5) is 0 Å². The van der Waals surface area contributed by atoms with Crippen molar-refractivity contribution < 1.29 is 0 Å². The summed E-state index contributed by atoms with van der Waals surface area (Å²) in [7, 11) is -1.44. The molecule has 1 aliphatic heterocycles. The molecule has 0 nitrogen and oxygen atoms in total. The number of fused-ring (bicyclic) bond motifs is 6. The lowest BCUT2D eigenvalue weighted by atomic mass is 9.81. The summed E-state index contributed by atoms with van der Waals surface area (Å²) < 4.78 is 0. The van der Waals surface area contributed by atoms with Crippen molar-refractivity contribution >= 4 is 18.4 Å². The van der Waals surface area contributed by atoms with Gasteiger partial charge in [-0.05, 0) is 71.4 Å². The third kappa shape index (κ3) is 3.49. The molecule has 0 bridgehead atoms. The highest BCUT2D eigenvalue weighted by Gasteiger charge is 2.37. The summed E-state index contributed by atoms with van der Waals surface area (Å²) in [6.45, 7) is 18.3. The van der Waals surface area contributed by atoms with E-state index in [0.29, 0.717) is 0 Å². The largest absolute Gasteiger partial charge is 0.113 e. The Balaban J connectivity index is 0.000000142. The normalized spacial score (nSPS) is 15.5. The molecule has 0 spiro atoms. The van der Waals surface area contributed by atoms with E-state index in [1.165, 1.54) is 55.6 Å². The van der Waals surface area contributed by atoms with Crippen LogP contribution in [-0.4, -0.2) is 8.07 Å². The summed E-state index contributed by atoms with van der Waals surface area (Å²) >= 11 is 0. The zero-order chi connectivity index (χ0) is 24.4. The Labute approximate surface area is 206 Å². The second-order valence-corrected chi connectivity index (χ2v) is 15.8. The van der Waals surface area contributed by atoms with Gasteiger partial charge in [-0.25, -0.2) is 0 Å². The molecule has 172 valence electrons. The van der Waals surface area contributed by atoms with Crippen molar-refractivity contribution in [1.82, 2.24) is 0 Å². The summed E-state index contributed by atoms with van der Waals surface area (Å²) in [6.07, 6.45) is 0. The molecule has 0 unspecified atom stereocenters. The number of rotatable bonds is 0. The van der Waals surface area contributed by atoms with Gasteiger partial charge in [-0.1, -0.05) is 122 Å². The number of aryl methyl sites for hydroxylation is 4. The van der Waals surface area contributed by atoms with Crippen LogP contribution in [0.15, 0.2) is 72.8 Å². The lowest BCUT2D eigenvalue weighted by Gasteiger charge is -2.22. The maximum absolute atomic E-state index is 2.47. The molecule has 1 heteroatoms. The summed E-state index contributed by atoms with van der Waals surface area (Å²) in [5, 5.41) is 3.22. The first-order valence-corrected chi connectivity index (χ1v) is 15.5. The van der Waals surface area contributed by atoms with Crippen LogP contribution in [0.25, 0.3) is 22.3 Å². The number of hydrogen-bond donors (Lipinski definition) is 0.